The molecule has 0 unspecified atom stereocenters. The first-order valence-corrected chi connectivity index (χ1v) is 10.5. The van der Waals surface area contributed by atoms with Gasteiger partial charge in [0.25, 0.3) is 5.91 Å². The second-order valence-electron chi connectivity index (χ2n) is 8.09. The minimum atomic E-state index is -0.125. The van der Waals surface area contributed by atoms with E-state index in [0.717, 1.165) is 19.4 Å². The topological polar surface area (TPSA) is 49.4 Å². The zero-order valence-corrected chi connectivity index (χ0v) is 17.1. The maximum Gasteiger partial charge on any atom is 0.251 e. The highest BCUT2D eigenvalue weighted by atomic mass is 32.1. The quantitative estimate of drug-likeness (QED) is 0.823. The molecule has 0 aliphatic carbocycles. The lowest BCUT2D eigenvalue weighted by Crippen LogP contribution is -2.34. The van der Waals surface area contributed by atoms with Crippen molar-refractivity contribution in [3.63, 3.8) is 0 Å². The molecule has 1 aliphatic rings. The van der Waals surface area contributed by atoms with Crippen LogP contribution < -0.4 is 5.32 Å². The van der Waals surface area contributed by atoms with E-state index in [-0.39, 0.29) is 23.3 Å². The van der Waals surface area contributed by atoms with Crippen LogP contribution in [-0.4, -0.2) is 29.8 Å². The summed E-state index contributed by atoms with van der Waals surface area (Å²) >= 11 is 1.71. The number of carbonyl (C=O) groups is 2. The molecular formula is C22H28N2O2S. The lowest BCUT2D eigenvalue weighted by Gasteiger charge is -2.24. The van der Waals surface area contributed by atoms with Crippen LogP contribution in [0.3, 0.4) is 0 Å². The van der Waals surface area contributed by atoms with E-state index in [9.17, 15) is 9.59 Å². The van der Waals surface area contributed by atoms with Crippen molar-refractivity contribution < 1.29 is 9.59 Å². The molecule has 2 amide bonds. The molecule has 144 valence electrons. The summed E-state index contributed by atoms with van der Waals surface area (Å²) in [5, 5.41) is 4.93. The minimum absolute atomic E-state index is 0.0657. The van der Waals surface area contributed by atoms with Gasteiger partial charge >= 0.3 is 0 Å². The van der Waals surface area contributed by atoms with Crippen molar-refractivity contribution in [1.82, 2.24) is 10.2 Å². The molecule has 2 aromatic rings. The van der Waals surface area contributed by atoms with Gasteiger partial charge in [0.15, 0.2) is 0 Å². The van der Waals surface area contributed by atoms with Gasteiger partial charge in [-0.15, -0.1) is 11.3 Å². The van der Waals surface area contributed by atoms with Crippen molar-refractivity contribution in [1.29, 1.82) is 0 Å². The van der Waals surface area contributed by atoms with Crippen molar-refractivity contribution in [2.24, 2.45) is 0 Å². The Kier molecular flexibility index (Phi) is 6.00. The Morgan fingerprint density at radius 1 is 1.19 bits per heavy atom. The van der Waals surface area contributed by atoms with E-state index in [4.69, 9.17) is 0 Å². The first-order valence-electron chi connectivity index (χ1n) is 9.58. The minimum Gasteiger partial charge on any atom is -0.352 e. The highest BCUT2D eigenvalue weighted by molar-refractivity contribution is 7.10. The fraction of sp³-hybridized carbons (Fsp3) is 0.455. The number of nitrogens with one attached hydrogen (secondary N) is 1. The smallest absolute Gasteiger partial charge is 0.251 e. The fourth-order valence-corrected chi connectivity index (χ4v) is 4.37. The number of hydrogen-bond acceptors (Lipinski definition) is 3. The summed E-state index contributed by atoms with van der Waals surface area (Å²) in [6.07, 6.45) is 2.41. The Hall–Kier alpha value is -2.14. The van der Waals surface area contributed by atoms with Crippen LogP contribution in [0.1, 0.15) is 66.9 Å². The van der Waals surface area contributed by atoms with E-state index >= 15 is 0 Å². The zero-order valence-electron chi connectivity index (χ0n) is 16.3. The molecule has 1 N–H and O–H groups in total. The zero-order chi connectivity index (χ0) is 19.4. The molecule has 1 aliphatic heterocycles. The van der Waals surface area contributed by atoms with Gasteiger partial charge < -0.3 is 10.2 Å². The van der Waals surface area contributed by atoms with Crippen LogP contribution >= 0.6 is 11.3 Å². The van der Waals surface area contributed by atoms with Crippen LogP contribution in [0, 0.1) is 0 Å². The number of nitrogens with zero attached hydrogens (tertiary/aromatic N) is 1. The van der Waals surface area contributed by atoms with Gasteiger partial charge in [0.05, 0.1) is 6.04 Å². The Morgan fingerprint density at radius 2 is 1.93 bits per heavy atom. The Bertz CT molecular complexity index is 776. The van der Waals surface area contributed by atoms with Crippen LogP contribution in [0.25, 0.3) is 0 Å². The second-order valence-corrected chi connectivity index (χ2v) is 9.07. The Balaban J connectivity index is 1.50. The molecule has 27 heavy (non-hydrogen) atoms. The number of amides is 2. The van der Waals surface area contributed by atoms with E-state index in [1.54, 1.807) is 11.3 Å². The number of rotatable bonds is 5. The predicted molar refractivity (Wildman–Crippen MR) is 110 cm³/mol. The maximum atomic E-state index is 12.6. The first-order chi connectivity index (χ1) is 12.9. The first kappa shape index (κ1) is 19.6. The van der Waals surface area contributed by atoms with Gasteiger partial charge in [0.1, 0.15) is 0 Å². The van der Waals surface area contributed by atoms with Crippen LogP contribution in [0.2, 0.25) is 0 Å². The maximum absolute atomic E-state index is 12.6. The van der Waals surface area contributed by atoms with E-state index in [1.807, 2.05) is 35.2 Å². The molecule has 1 saturated heterocycles. The second kappa shape index (κ2) is 8.26. The predicted octanol–water partition coefficient (Wildman–Crippen LogP) is 4.53. The Labute approximate surface area is 165 Å². The third kappa shape index (κ3) is 4.78. The SMILES string of the molecule is CC(C)(C)c1ccc(C(=O)NCCC(=O)N2CCC[C@H]2c2cccs2)cc1. The van der Waals surface area contributed by atoms with Gasteiger partial charge in [0.2, 0.25) is 5.91 Å². The Morgan fingerprint density at radius 3 is 2.56 bits per heavy atom. The van der Waals surface area contributed by atoms with Gasteiger partial charge in [-0.25, -0.2) is 0 Å². The van der Waals surface area contributed by atoms with Crippen LogP contribution in [0.5, 0.6) is 0 Å². The molecule has 5 heteroatoms. The van der Waals surface area contributed by atoms with Crippen LogP contribution in [-0.2, 0) is 10.2 Å². The van der Waals surface area contributed by atoms with Gasteiger partial charge in [-0.2, -0.15) is 0 Å². The summed E-state index contributed by atoms with van der Waals surface area (Å²) in [7, 11) is 0. The average molecular weight is 385 g/mol. The molecule has 0 saturated carbocycles. The number of carbonyl (C=O) groups excluding carboxylic acids is 2. The molecule has 1 aromatic carbocycles. The van der Waals surface area contributed by atoms with Gasteiger partial charge in [0, 0.05) is 30.0 Å². The van der Waals surface area contributed by atoms with Crippen molar-refractivity contribution in [3.8, 4) is 0 Å². The molecule has 0 bridgehead atoms. The number of benzene rings is 1. The molecule has 4 nitrogen and oxygen atoms in total. The molecule has 1 fully saturated rings. The lowest BCUT2D eigenvalue weighted by molar-refractivity contribution is -0.131. The highest BCUT2D eigenvalue weighted by Crippen LogP contribution is 2.34. The molecule has 0 radical (unpaired) electrons. The molecule has 1 atom stereocenters. The van der Waals surface area contributed by atoms with Crippen LogP contribution in [0.15, 0.2) is 41.8 Å². The number of hydrogen-bond donors (Lipinski definition) is 1. The van der Waals surface area contributed by atoms with Crippen molar-refractivity contribution in [2.75, 3.05) is 13.1 Å². The highest BCUT2D eigenvalue weighted by Gasteiger charge is 2.30. The molecular weight excluding hydrogens is 356 g/mol. The van der Waals surface area contributed by atoms with E-state index in [1.165, 1.54) is 10.4 Å². The van der Waals surface area contributed by atoms with E-state index < -0.39 is 0 Å². The van der Waals surface area contributed by atoms with Crippen molar-refractivity contribution in [2.45, 2.75) is 51.5 Å². The van der Waals surface area contributed by atoms with Crippen molar-refractivity contribution >= 4 is 23.2 Å². The summed E-state index contributed by atoms with van der Waals surface area (Å²) in [6, 6.07) is 12.0. The molecule has 3 rings (SSSR count). The summed E-state index contributed by atoms with van der Waals surface area (Å²) in [4.78, 5) is 28.2. The monoisotopic (exact) mass is 384 g/mol. The number of likely N-dealkylation sites (tertiary alicyclic amines) is 1. The standard InChI is InChI=1S/C22H28N2O2S/c1-22(2,3)17-10-8-16(9-11-17)21(26)23-13-12-20(25)24-14-4-6-18(24)19-7-5-15-27-19/h5,7-11,15,18H,4,6,12-14H2,1-3H3,(H,23,26)/t18-/m0/s1. The third-order valence-electron chi connectivity index (χ3n) is 5.08. The van der Waals surface area contributed by atoms with E-state index in [0.29, 0.717) is 18.5 Å². The molecule has 2 heterocycles. The fourth-order valence-electron chi connectivity index (χ4n) is 3.49. The van der Waals surface area contributed by atoms with Crippen molar-refractivity contribution in [3.05, 3.63) is 57.8 Å². The molecule has 0 spiro atoms. The largest absolute Gasteiger partial charge is 0.352 e. The van der Waals surface area contributed by atoms with E-state index in [2.05, 4.69) is 37.5 Å². The molecule has 1 aromatic heterocycles. The summed E-state index contributed by atoms with van der Waals surface area (Å²) in [6.45, 7) is 7.62. The van der Waals surface area contributed by atoms with Gasteiger partial charge in [-0.3, -0.25) is 9.59 Å². The van der Waals surface area contributed by atoms with Gasteiger partial charge in [-0.1, -0.05) is 39.0 Å². The van der Waals surface area contributed by atoms with Crippen LogP contribution in [0.4, 0.5) is 0 Å². The summed E-state index contributed by atoms with van der Waals surface area (Å²) in [5.41, 5.74) is 1.90. The summed E-state index contributed by atoms with van der Waals surface area (Å²) < 4.78 is 0. The average Bonchev–Trinajstić information content (AvgIpc) is 3.32. The lowest BCUT2D eigenvalue weighted by atomic mass is 9.87. The number of thiophene rings is 1. The van der Waals surface area contributed by atoms with Gasteiger partial charge in [-0.05, 0) is 47.4 Å². The normalized spacial score (nSPS) is 17.1. The third-order valence-corrected chi connectivity index (χ3v) is 6.06. The summed E-state index contributed by atoms with van der Waals surface area (Å²) in [5.74, 6) is -0.00577.